The summed E-state index contributed by atoms with van der Waals surface area (Å²) in [5.41, 5.74) is 3.48. The zero-order valence-electron chi connectivity index (χ0n) is 11.2. The van der Waals surface area contributed by atoms with E-state index < -0.39 is 0 Å². The van der Waals surface area contributed by atoms with Gasteiger partial charge in [-0.1, -0.05) is 35.9 Å². The lowest BCUT2D eigenvalue weighted by atomic mass is 10.00. The van der Waals surface area contributed by atoms with Crippen LogP contribution in [0.2, 0.25) is 5.02 Å². The smallest absolute Gasteiger partial charge is 0.134 e. The first-order valence-electron chi connectivity index (χ1n) is 6.29. The average molecular weight is 285 g/mol. The second-order valence-electron chi connectivity index (χ2n) is 4.80. The fourth-order valence-electron chi connectivity index (χ4n) is 2.36. The highest BCUT2D eigenvalue weighted by molar-refractivity contribution is 6.32. The van der Waals surface area contributed by atoms with E-state index in [1.807, 2.05) is 38.1 Å². The van der Waals surface area contributed by atoms with E-state index in [1.54, 1.807) is 12.1 Å². The van der Waals surface area contributed by atoms with Crippen molar-refractivity contribution in [3.63, 3.8) is 0 Å². The van der Waals surface area contributed by atoms with Crippen LogP contribution in [0.5, 0.6) is 5.75 Å². The minimum atomic E-state index is 0.0808. The van der Waals surface area contributed by atoms with Gasteiger partial charge in [-0.25, -0.2) is 0 Å². The number of phenols is 1. The molecule has 1 aromatic heterocycles. The van der Waals surface area contributed by atoms with E-state index in [0.29, 0.717) is 5.02 Å². The van der Waals surface area contributed by atoms with Crippen molar-refractivity contribution in [3.05, 3.63) is 52.7 Å². The Kier molecular flexibility index (Phi) is 3.07. The molecule has 1 N–H and O–H groups in total. The van der Waals surface area contributed by atoms with Gasteiger partial charge in [0.1, 0.15) is 11.4 Å². The number of aromatic nitrogens is 2. The topological polar surface area (TPSA) is 46.0 Å². The van der Waals surface area contributed by atoms with Crippen molar-refractivity contribution in [2.45, 2.75) is 13.8 Å². The summed E-state index contributed by atoms with van der Waals surface area (Å²) in [6, 6.07) is 11.4. The normalized spacial score (nSPS) is 10.9. The summed E-state index contributed by atoms with van der Waals surface area (Å²) >= 11 is 6.02. The largest absolute Gasteiger partial charge is 0.506 e. The molecule has 0 unspecified atom stereocenters. The average Bonchev–Trinajstić information content (AvgIpc) is 2.44. The molecule has 3 rings (SSSR count). The molecule has 0 spiro atoms. The van der Waals surface area contributed by atoms with Crippen LogP contribution in [0.3, 0.4) is 0 Å². The maximum Gasteiger partial charge on any atom is 0.134 e. The van der Waals surface area contributed by atoms with Gasteiger partial charge in [-0.2, -0.15) is 5.10 Å². The lowest BCUT2D eigenvalue weighted by Crippen LogP contribution is -1.95. The van der Waals surface area contributed by atoms with Gasteiger partial charge in [0.05, 0.1) is 10.7 Å². The fourth-order valence-corrected chi connectivity index (χ4v) is 2.52. The Morgan fingerprint density at radius 2 is 1.70 bits per heavy atom. The molecule has 0 fully saturated rings. The molecule has 0 saturated heterocycles. The second kappa shape index (κ2) is 4.76. The van der Waals surface area contributed by atoms with Gasteiger partial charge in [-0.05, 0) is 31.5 Å². The standard InChI is InChI=1S/C16H13ClN2O/c1-9-7-15(20)14(17)8-13(9)16-12-6-4-3-5-11(12)10(2)18-19-16/h3-8,20H,1-2H3. The van der Waals surface area contributed by atoms with Crippen LogP contribution in [0, 0.1) is 13.8 Å². The first kappa shape index (κ1) is 12.9. The molecule has 3 nitrogen and oxygen atoms in total. The van der Waals surface area contributed by atoms with Crippen LogP contribution in [0.1, 0.15) is 11.3 Å². The van der Waals surface area contributed by atoms with Crippen molar-refractivity contribution in [2.75, 3.05) is 0 Å². The number of phenolic OH excluding ortho intramolecular Hbond substituents is 1. The highest BCUT2D eigenvalue weighted by Crippen LogP contribution is 2.35. The molecule has 20 heavy (non-hydrogen) atoms. The Hall–Kier alpha value is -2.13. The van der Waals surface area contributed by atoms with E-state index >= 15 is 0 Å². The van der Waals surface area contributed by atoms with Gasteiger partial charge in [0, 0.05) is 16.3 Å². The first-order chi connectivity index (χ1) is 9.58. The van der Waals surface area contributed by atoms with Crippen LogP contribution in [-0.2, 0) is 0 Å². The van der Waals surface area contributed by atoms with Gasteiger partial charge in [0.15, 0.2) is 0 Å². The second-order valence-corrected chi connectivity index (χ2v) is 5.21. The summed E-state index contributed by atoms with van der Waals surface area (Å²) in [7, 11) is 0. The summed E-state index contributed by atoms with van der Waals surface area (Å²) < 4.78 is 0. The quantitative estimate of drug-likeness (QED) is 0.726. The van der Waals surface area contributed by atoms with Gasteiger partial charge in [-0.3, -0.25) is 0 Å². The van der Waals surface area contributed by atoms with Crippen molar-refractivity contribution in [1.29, 1.82) is 0 Å². The van der Waals surface area contributed by atoms with Crippen LogP contribution in [0.25, 0.3) is 22.0 Å². The minimum Gasteiger partial charge on any atom is -0.506 e. The van der Waals surface area contributed by atoms with Crippen molar-refractivity contribution in [2.24, 2.45) is 0 Å². The van der Waals surface area contributed by atoms with E-state index in [1.165, 1.54) is 0 Å². The summed E-state index contributed by atoms with van der Waals surface area (Å²) in [4.78, 5) is 0. The summed E-state index contributed by atoms with van der Waals surface area (Å²) in [5, 5.41) is 20.6. The van der Waals surface area contributed by atoms with E-state index in [2.05, 4.69) is 10.2 Å². The van der Waals surface area contributed by atoms with Crippen LogP contribution in [0.4, 0.5) is 0 Å². The molecule has 0 aliphatic heterocycles. The molecule has 1 heterocycles. The summed E-state index contributed by atoms with van der Waals surface area (Å²) in [6.07, 6.45) is 0. The van der Waals surface area contributed by atoms with E-state index in [0.717, 1.165) is 33.3 Å². The number of fused-ring (bicyclic) bond motifs is 1. The van der Waals surface area contributed by atoms with E-state index in [-0.39, 0.29) is 5.75 Å². The van der Waals surface area contributed by atoms with Gasteiger partial charge < -0.3 is 5.11 Å². The number of aromatic hydroxyl groups is 1. The maximum atomic E-state index is 9.66. The predicted octanol–water partition coefficient (Wildman–Crippen LogP) is 4.27. The zero-order chi connectivity index (χ0) is 14.3. The number of benzene rings is 2. The third-order valence-corrected chi connectivity index (χ3v) is 3.72. The lowest BCUT2D eigenvalue weighted by molar-refractivity contribution is 0.475. The molecule has 2 aromatic carbocycles. The molecule has 0 radical (unpaired) electrons. The van der Waals surface area contributed by atoms with Gasteiger partial charge >= 0.3 is 0 Å². The number of halogens is 1. The third-order valence-electron chi connectivity index (χ3n) is 3.42. The van der Waals surface area contributed by atoms with Crippen LogP contribution < -0.4 is 0 Å². The predicted molar refractivity (Wildman–Crippen MR) is 81.1 cm³/mol. The number of rotatable bonds is 1. The Morgan fingerprint density at radius 1 is 1.00 bits per heavy atom. The van der Waals surface area contributed by atoms with Gasteiger partial charge in [0.25, 0.3) is 0 Å². The third kappa shape index (κ3) is 2.00. The monoisotopic (exact) mass is 284 g/mol. The zero-order valence-corrected chi connectivity index (χ0v) is 11.9. The highest BCUT2D eigenvalue weighted by Gasteiger charge is 2.13. The molecule has 0 aliphatic carbocycles. The Labute approximate surface area is 121 Å². The molecule has 0 amide bonds. The van der Waals surface area contributed by atoms with Crippen molar-refractivity contribution in [3.8, 4) is 17.0 Å². The number of aryl methyl sites for hydroxylation is 2. The molecule has 3 aromatic rings. The number of nitrogens with zero attached hydrogens (tertiary/aromatic N) is 2. The summed E-state index contributed by atoms with van der Waals surface area (Å²) in [5.74, 6) is 0.0808. The minimum absolute atomic E-state index is 0.0808. The lowest BCUT2D eigenvalue weighted by Gasteiger charge is -2.10. The fraction of sp³-hybridized carbons (Fsp3) is 0.125. The highest BCUT2D eigenvalue weighted by atomic mass is 35.5. The molecule has 0 bridgehead atoms. The summed E-state index contributed by atoms with van der Waals surface area (Å²) in [6.45, 7) is 3.86. The number of hydrogen-bond acceptors (Lipinski definition) is 3. The first-order valence-corrected chi connectivity index (χ1v) is 6.67. The SMILES string of the molecule is Cc1cc(O)c(Cl)cc1-c1nnc(C)c2ccccc12. The van der Waals surface area contributed by atoms with Crippen molar-refractivity contribution >= 4 is 22.4 Å². The number of hydrogen-bond donors (Lipinski definition) is 1. The van der Waals surface area contributed by atoms with Gasteiger partial charge in [0.2, 0.25) is 0 Å². The van der Waals surface area contributed by atoms with Crippen molar-refractivity contribution < 1.29 is 5.11 Å². The Balaban J connectivity index is 2.36. The molecule has 100 valence electrons. The van der Waals surface area contributed by atoms with Crippen LogP contribution in [0.15, 0.2) is 36.4 Å². The molecule has 0 saturated carbocycles. The molecular weight excluding hydrogens is 272 g/mol. The maximum absolute atomic E-state index is 9.66. The van der Waals surface area contributed by atoms with E-state index in [4.69, 9.17) is 11.6 Å². The van der Waals surface area contributed by atoms with Gasteiger partial charge in [-0.15, -0.1) is 5.10 Å². The molecule has 0 aliphatic rings. The van der Waals surface area contributed by atoms with Crippen LogP contribution in [-0.4, -0.2) is 15.3 Å². The Bertz CT molecular complexity index is 815. The molecule has 4 heteroatoms. The van der Waals surface area contributed by atoms with E-state index in [9.17, 15) is 5.11 Å². The molecule has 0 atom stereocenters. The van der Waals surface area contributed by atoms with Crippen LogP contribution >= 0.6 is 11.6 Å². The Morgan fingerprint density at radius 3 is 2.45 bits per heavy atom. The molecular formula is C16H13ClN2O. The van der Waals surface area contributed by atoms with Crippen molar-refractivity contribution in [1.82, 2.24) is 10.2 Å².